The summed E-state index contributed by atoms with van der Waals surface area (Å²) in [4.78, 5) is 0. The topological polar surface area (TPSA) is 55.5 Å². The second-order valence-corrected chi connectivity index (χ2v) is 3.97. The van der Waals surface area contributed by atoms with Crippen LogP contribution < -0.4 is 5.73 Å². The summed E-state index contributed by atoms with van der Waals surface area (Å²) >= 11 is 0. The minimum Gasteiger partial charge on any atom is -0.389 e. The molecule has 3 heteroatoms. The third-order valence-corrected chi connectivity index (χ3v) is 2.28. The third-order valence-electron chi connectivity index (χ3n) is 2.28. The monoisotopic (exact) mass is 173 g/mol. The van der Waals surface area contributed by atoms with E-state index in [1.54, 1.807) is 6.92 Å². The maximum atomic E-state index is 9.50. The van der Waals surface area contributed by atoms with E-state index >= 15 is 0 Å². The van der Waals surface area contributed by atoms with Gasteiger partial charge in [0.05, 0.1) is 5.60 Å². The van der Waals surface area contributed by atoms with Crippen LogP contribution in [0, 0.1) is 5.92 Å². The molecule has 0 amide bonds. The zero-order chi connectivity index (χ0) is 9.03. The van der Waals surface area contributed by atoms with Crippen LogP contribution in [0.2, 0.25) is 0 Å². The van der Waals surface area contributed by atoms with Gasteiger partial charge in [-0.15, -0.1) is 0 Å². The standard InChI is InChI=1S/C9H19NO2/c1-9(11,7-10)4-5-12-6-8-2-3-8/h8,11H,2-7,10H2,1H3. The number of hydrogen-bond donors (Lipinski definition) is 2. The van der Waals surface area contributed by atoms with Crippen LogP contribution in [-0.2, 0) is 4.74 Å². The van der Waals surface area contributed by atoms with E-state index in [4.69, 9.17) is 10.5 Å². The Morgan fingerprint density at radius 3 is 2.75 bits per heavy atom. The second-order valence-electron chi connectivity index (χ2n) is 3.97. The van der Waals surface area contributed by atoms with Crippen molar-refractivity contribution in [2.75, 3.05) is 19.8 Å². The minimum atomic E-state index is -0.746. The first-order valence-corrected chi connectivity index (χ1v) is 4.64. The molecule has 0 aliphatic heterocycles. The Morgan fingerprint density at radius 2 is 2.25 bits per heavy atom. The van der Waals surface area contributed by atoms with Crippen molar-refractivity contribution < 1.29 is 9.84 Å². The Bertz CT molecular complexity index is 132. The molecular formula is C9H19NO2. The molecule has 0 saturated heterocycles. The van der Waals surface area contributed by atoms with Crippen molar-refractivity contribution in [2.24, 2.45) is 11.7 Å². The highest BCUT2D eigenvalue weighted by atomic mass is 16.5. The van der Waals surface area contributed by atoms with E-state index in [1.807, 2.05) is 0 Å². The molecule has 0 radical (unpaired) electrons. The van der Waals surface area contributed by atoms with E-state index in [0.29, 0.717) is 19.6 Å². The van der Waals surface area contributed by atoms with Gasteiger partial charge in [0.25, 0.3) is 0 Å². The van der Waals surface area contributed by atoms with E-state index in [0.717, 1.165) is 12.5 Å². The minimum absolute atomic E-state index is 0.305. The number of nitrogens with two attached hydrogens (primary N) is 1. The Balaban J connectivity index is 1.92. The van der Waals surface area contributed by atoms with Crippen LogP contribution in [0.1, 0.15) is 26.2 Å². The summed E-state index contributed by atoms with van der Waals surface area (Å²) in [6, 6.07) is 0. The lowest BCUT2D eigenvalue weighted by atomic mass is 10.0. The van der Waals surface area contributed by atoms with Gasteiger partial charge >= 0.3 is 0 Å². The fourth-order valence-electron chi connectivity index (χ4n) is 0.929. The van der Waals surface area contributed by atoms with Crippen molar-refractivity contribution in [3.63, 3.8) is 0 Å². The smallest absolute Gasteiger partial charge is 0.0763 e. The average molecular weight is 173 g/mol. The molecule has 3 nitrogen and oxygen atoms in total. The molecule has 3 N–H and O–H groups in total. The molecule has 0 spiro atoms. The molecule has 0 aromatic rings. The summed E-state index contributed by atoms with van der Waals surface area (Å²) in [5.74, 6) is 0.799. The normalized spacial score (nSPS) is 22.2. The maximum absolute atomic E-state index is 9.50. The van der Waals surface area contributed by atoms with E-state index in [1.165, 1.54) is 12.8 Å². The van der Waals surface area contributed by atoms with Crippen LogP contribution >= 0.6 is 0 Å². The van der Waals surface area contributed by atoms with Gasteiger partial charge in [-0.2, -0.15) is 0 Å². The highest BCUT2D eigenvalue weighted by Crippen LogP contribution is 2.28. The van der Waals surface area contributed by atoms with E-state index in [2.05, 4.69) is 0 Å². The van der Waals surface area contributed by atoms with Gasteiger partial charge in [-0.3, -0.25) is 0 Å². The lowest BCUT2D eigenvalue weighted by Crippen LogP contribution is -2.35. The third kappa shape index (κ3) is 4.04. The number of aliphatic hydroxyl groups is 1. The van der Waals surface area contributed by atoms with Crippen molar-refractivity contribution >= 4 is 0 Å². The fourth-order valence-corrected chi connectivity index (χ4v) is 0.929. The van der Waals surface area contributed by atoms with Crippen LogP contribution in [0.4, 0.5) is 0 Å². The first kappa shape index (κ1) is 9.96. The first-order chi connectivity index (χ1) is 5.64. The number of hydrogen-bond acceptors (Lipinski definition) is 3. The Hall–Kier alpha value is -0.120. The molecule has 0 heterocycles. The Kier molecular flexibility index (Phi) is 3.50. The van der Waals surface area contributed by atoms with Crippen molar-refractivity contribution in [2.45, 2.75) is 31.8 Å². The van der Waals surface area contributed by atoms with Crippen molar-refractivity contribution in [1.29, 1.82) is 0 Å². The molecule has 1 atom stereocenters. The molecule has 1 saturated carbocycles. The number of rotatable bonds is 6. The maximum Gasteiger partial charge on any atom is 0.0763 e. The van der Waals surface area contributed by atoms with Gasteiger partial charge in [0.15, 0.2) is 0 Å². The Morgan fingerprint density at radius 1 is 1.58 bits per heavy atom. The van der Waals surface area contributed by atoms with Crippen molar-refractivity contribution in [3.8, 4) is 0 Å². The highest BCUT2D eigenvalue weighted by Gasteiger charge is 2.22. The summed E-state index contributed by atoms with van der Waals surface area (Å²) in [6.07, 6.45) is 3.26. The molecule has 1 rings (SSSR count). The summed E-state index contributed by atoms with van der Waals surface area (Å²) in [7, 11) is 0. The van der Waals surface area contributed by atoms with Crippen LogP contribution in [0.3, 0.4) is 0 Å². The van der Waals surface area contributed by atoms with E-state index < -0.39 is 5.60 Å². The van der Waals surface area contributed by atoms with Crippen LogP contribution in [0.25, 0.3) is 0 Å². The molecule has 12 heavy (non-hydrogen) atoms. The zero-order valence-electron chi connectivity index (χ0n) is 7.75. The van der Waals surface area contributed by atoms with Gasteiger partial charge in [-0.25, -0.2) is 0 Å². The average Bonchev–Trinajstić information content (AvgIpc) is 2.82. The molecule has 0 bridgehead atoms. The molecule has 1 aliphatic carbocycles. The van der Waals surface area contributed by atoms with Crippen LogP contribution in [0.5, 0.6) is 0 Å². The van der Waals surface area contributed by atoms with E-state index in [9.17, 15) is 5.11 Å². The molecule has 72 valence electrons. The molecule has 1 aliphatic rings. The molecule has 1 unspecified atom stereocenters. The summed E-state index contributed by atoms with van der Waals surface area (Å²) in [5, 5.41) is 9.50. The quantitative estimate of drug-likeness (QED) is 0.575. The molecular weight excluding hydrogens is 154 g/mol. The predicted octanol–water partition coefficient (Wildman–Crippen LogP) is 0.513. The van der Waals surface area contributed by atoms with Gasteiger partial charge in [0.1, 0.15) is 0 Å². The van der Waals surface area contributed by atoms with E-state index in [-0.39, 0.29) is 0 Å². The highest BCUT2D eigenvalue weighted by molar-refractivity contribution is 4.74. The number of ether oxygens (including phenoxy) is 1. The van der Waals surface area contributed by atoms with Gasteiger partial charge in [-0.1, -0.05) is 0 Å². The lowest BCUT2D eigenvalue weighted by molar-refractivity contribution is 0.0187. The van der Waals surface area contributed by atoms with Gasteiger partial charge in [0, 0.05) is 26.2 Å². The van der Waals surface area contributed by atoms with Gasteiger partial charge < -0.3 is 15.6 Å². The molecule has 0 aromatic carbocycles. The zero-order valence-corrected chi connectivity index (χ0v) is 7.75. The Labute approximate surface area is 73.9 Å². The first-order valence-electron chi connectivity index (χ1n) is 4.64. The van der Waals surface area contributed by atoms with Gasteiger partial charge in [0.2, 0.25) is 0 Å². The van der Waals surface area contributed by atoms with Crippen molar-refractivity contribution in [1.82, 2.24) is 0 Å². The second kappa shape index (κ2) is 4.21. The van der Waals surface area contributed by atoms with Crippen molar-refractivity contribution in [3.05, 3.63) is 0 Å². The van der Waals surface area contributed by atoms with Gasteiger partial charge in [-0.05, 0) is 25.7 Å². The molecule has 1 fully saturated rings. The molecule has 0 aromatic heterocycles. The van der Waals surface area contributed by atoms with Crippen LogP contribution in [0.15, 0.2) is 0 Å². The summed E-state index contributed by atoms with van der Waals surface area (Å²) < 4.78 is 5.38. The summed E-state index contributed by atoms with van der Waals surface area (Å²) in [5.41, 5.74) is 4.61. The predicted molar refractivity (Wildman–Crippen MR) is 47.8 cm³/mol. The summed E-state index contributed by atoms with van der Waals surface area (Å²) in [6.45, 7) is 3.54. The largest absolute Gasteiger partial charge is 0.389 e. The van der Waals surface area contributed by atoms with Crippen LogP contribution in [-0.4, -0.2) is 30.5 Å². The SMILES string of the molecule is CC(O)(CN)CCOCC1CC1. The lowest BCUT2D eigenvalue weighted by Gasteiger charge is -2.20. The fraction of sp³-hybridized carbons (Fsp3) is 1.00.